The zero-order chi connectivity index (χ0) is 52.2. The Morgan fingerprint density at radius 2 is 0.611 bits per heavy atom. The van der Waals surface area contributed by atoms with E-state index in [0.29, 0.717) is 19.3 Å². The van der Waals surface area contributed by atoms with Crippen LogP contribution in [-0.4, -0.2) is 37.2 Å². The second-order valence-corrected chi connectivity index (χ2v) is 19.0. The van der Waals surface area contributed by atoms with E-state index in [4.69, 9.17) is 14.2 Å². The van der Waals surface area contributed by atoms with Gasteiger partial charge in [-0.3, -0.25) is 14.4 Å². The molecule has 0 fully saturated rings. The van der Waals surface area contributed by atoms with E-state index < -0.39 is 6.10 Å². The number of carbonyl (C=O) groups is 3. The molecule has 1 atom stereocenters. The minimum absolute atomic E-state index is 0.112. The van der Waals surface area contributed by atoms with Crippen molar-refractivity contribution in [2.75, 3.05) is 13.2 Å². The Kier molecular flexibility index (Phi) is 55.5. The quantitative estimate of drug-likeness (QED) is 0.0199. The molecule has 0 N–H and O–H groups in total. The van der Waals surface area contributed by atoms with E-state index in [1.54, 1.807) is 0 Å². The Morgan fingerprint density at radius 1 is 0.306 bits per heavy atom. The summed E-state index contributed by atoms with van der Waals surface area (Å²) in [5.74, 6) is -0.985. The third-order valence-electron chi connectivity index (χ3n) is 12.1. The summed E-state index contributed by atoms with van der Waals surface area (Å²) in [5, 5.41) is 0. The third kappa shape index (κ3) is 56.5. The lowest BCUT2D eigenvalue weighted by atomic mass is 10.0. The topological polar surface area (TPSA) is 78.9 Å². The van der Waals surface area contributed by atoms with Crippen LogP contribution in [0.5, 0.6) is 0 Å². The van der Waals surface area contributed by atoms with Gasteiger partial charge in [0, 0.05) is 19.3 Å². The lowest BCUT2D eigenvalue weighted by Gasteiger charge is -2.18. The van der Waals surface area contributed by atoms with Crippen molar-refractivity contribution >= 4 is 17.9 Å². The highest BCUT2D eigenvalue weighted by Crippen LogP contribution is 2.16. The first-order valence-corrected chi connectivity index (χ1v) is 29.3. The molecule has 6 heteroatoms. The average Bonchev–Trinajstić information content (AvgIpc) is 3.38. The second kappa shape index (κ2) is 59.1. The van der Waals surface area contributed by atoms with E-state index in [9.17, 15) is 14.4 Å². The highest BCUT2D eigenvalue weighted by molar-refractivity contribution is 5.71. The van der Waals surface area contributed by atoms with Crippen molar-refractivity contribution in [1.29, 1.82) is 0 Å². The van der Waals surface area contributed by atoms with E-state index in [-0.39, 0.29) is 31.1 Å². The fraction of sp³-hybridized carbons (Fsp3) is 0.621. The standard InChI is InChI=1S/C66H106O6/c1-4-7-10-13-16-19-22-25-28-31-33-35-38-41-44-47-50-53-56-59-65(68)71-62-63(61-70-64(67)58-55-52-49-46-43-40-37-30-27-24-21-18-15-12-9-6-3)72-66(69)60-57-54-51-48-45-42-39-36-34-32-29-26-23-20-17-14-11-8-5-2/h7,9-10,12-13,16,18-19,21-22,25,27-28,30-31,33,35,38,40-41,43-44,63H,4-6,8,11,14-15,17,20,23-24,26,29,32,34,36-37,39,42,45-62H2,1-3H3/b10-7-,12-9-,16-13-,21-18-,22-19-,28-25-,30-27-,33-31+,38-35-,43-40-,44-41-. The lowest BCUT2D eigenvalue weighted by Crippen LogP contribution is -2.30. The molecule has 0 heterocycles. The molecule has 0 aliphatic rings. The van der Waals surface area contributed by atoms with Gasteiger partial charge in [-0.25, -0.2) is 0 Å². The summed E-state index contributed by atoms with van der Waals surface area (Å²) in [6.07, 6.45) is 83.0. The molecule has 0 saturated carbocycles. The van der Waals surface area contributed by atoms with Crippen molar-refractivity contribution in [3.05, 3.63) is 134 Å². The van der Waals surface area contributed by atoms with Gasteiger partial charge in [0.1, 0.15) is 13.2 Å². The summed E-state index contributed by atoms with van der Waals surface area (Å²) >= 11 is 0. The first kappa shape index (κ1) is 67.5. The number of hydrogen-bond donors (Lipinski definition) is 0. The fourth-order valence-electron chi connectivity index (χ4n) is 7.77. The summed E-state index contributed by atoms with van der Waals surface area (Å²) in [6.45, 7) is 6.32. The average molecular weight is 996 g/mol. The first-order valence-electron chi connectivity index (χ1n) is 29.3. The molecule has 0 aliphatic heterocycles. The van der Waals surface area contributed by atoms with E-state index in [1.807, 2.05) is 72.9 Å². The minimum Gasteiger partial charge on any atom is -0.462 e. The molecule has 0 aromatic rings. The molecule has 6 nitrogen and oxygen atoms in total. The molecular formula is C66H106O6. The van der Waals surface area contributed by atoms with Crippen LogP contribution in [0.2, 0.25) is 0 Å². The zero-order valence-electron chi connectivity index (χ0n) is 46.4. The van der Waals surface area contributed by atoms with Crippen LogP contribution >= 0.6 is 0 Å². The van der Waals surface area contributed by atoms with Gasteiger partial charge in [0.25, 0.3) is 0 Å². The second-order valence-electron chi connectivity index (χ2n) is 19.0. The van der Waals surface area contributed by atoms with Gasteiger partial charge < -0.3 is 14.2 Å². The number of carbonyl (C=O) groups excluding carboxylic acids is 3. The van der Waals surface area contributed by atoms with Gasteiger partial charge in [-0.15, -0.1) is 0 Å². The Balaban J connectivity index is 4.53. The van der Waals surface area contributed by atoms with Crippen LogP contribution in [0.3, 0.4) is 0 Å². The minimum atomic E-state index is -0.815. The zero-order valence-corrected chi connectivity index (χ0v) is 46.4. The maximum atomic E-state index is 12.9. The van der Waals surface area contributed by atoms with Crippen molar-refractivity contribution in [3.63, 3.8) is 0 Å². The van der Waals surface area contributed by atoms with Crippen LogP contribution in [0.15, 0.2) is 134 Å². The molecule has 0 saturated heterocycles. The molecule has 0 rings (SSSR count). The van der Waals surface area contributed by atoms with Crippen LogP contribution in [-0.2, 0) is 28.6 Å². The molecule has 0 bridgehead atoms. The maximum absolute atomic E-state index is 12.9. The van der Waals surface area contributed by atoms with Gasteiger partial charge in [0.15, 0.2) is 6.10 Å². The smallest absolute Gasteiger partial charge is 0.306 e. The Bertz CT molecular complexity index is 1560. The van der Waals surface area contributed by atoms with E-state index in [2.05, 4.69) is 81.5 Å². The third-order valence-corrected chi connectivity index (χ3v) is 12.1. The number of allylic oxidation sites excluding steroid dienone is 22. The molecule has 0 aromatic carbocycles. The number of ether oxygens (including phenoxy) is 3. The molecule has 0 amide bonds. The molecule has 72 heavy (non-hydrogen) atoms. The highest BCUT2D eigenvalue weighted by Gasteiger charge is 2.19. The van der Waals surface area contributed by atoms with Crippen molar-refractivity contribution in [3.8, 4) is 0 Å². The van der Waals surface area contributed by atoms with Crippen LogP contribution < -0.4 is 0 Å². The predicted molar refractivity (Wildman–Crippen MR) is 311 cm³/mol. The normalized spacial score (nSPS) is 13.1. The summed E-state index contributed by atoms with van der Waals surface area (Å²) in [5.41, 5.74) is 0. The van der Waals surface area contributed by atoms with Gasteiger partial charge in [0.2, 0.25) is 0 Å². The molecule has 1 unspecified atom stereocenters. The number of esters is 3. The summed E-state index contributed by atoms with van der Waals surface area (Å²) in [4.78, 5) is 38.2. The van der Waals surface area contributed by atoms with Crippen LogP contribution in [0.1, 0.15) is 245 Å². The molecule has 406 valence electrons. The molecule has 0 aromatic heterocycles. The molecule has 0 aliphatic carbocycles. The first-order chi connectivity index (χ1) is 35.5. The number of unbranched alkanes of at least 4 members (excludes halogenated alkanes) is 24. The molecule has 0 radical (unpaired) electrons. The van der Waals surface area contributed by atoms with Gasteiger partial charge in [0.05, 0.1) is 0 Å². The summed E-state index contributed by atoms with van der Waals surface area (Å²) in [6, 6.07) is 0. The maximum Gasteiger partial charge on any atom is 0.306 e. The fourth-order valence-corrected chi connectivity index (χ4v) is 7.77. The lowest BCUT2D eigenvalue weighted by molar-refractivity contribution is -0.167. The monoisotopic (exact) mass is 995 g/mol. The molecule has 0 spiro atoms. The Hall–Kier alpha value is -4.45. The SMILES string of the molecule is CC\C=C/C=C\C=C/C=C\C=C\C=C/C=C\CCCCCC(=O)OCC(COC(=O)CCCCC/C=C\C/C=C\C/C=C\C/C=C\CC)OC(=O)CCCCCCCCCCCCCCCCCCCCC. The van der Waals surface area contributed by atoms with E-state index in [1.165, 1.54) is 103 Å². The van der Waals surface area contributed by atoms with Gasteiger partial charge >= 0.3 is 17.9 Å². The van der Waals surface area contributed by atoms with Crippen molar-refractivity contribution in [2.45, 2.75) is 252 Å². The van der Waals surface area contributed by atoms with Crippen LogP contribution in [0, 0.1) is 0 Å². The highest BCUT2D eigenvalue weighted by atomic mass is 16.6. The number of hydrogen-bond acceptors (Lipinski definition) is 6. The Labute approximate surface area is 443 Å². The van der Waals surface area contributed by atoms with Gasteiger partial charge in [-0.05, 0) is 77.0 Å². The van der Waals surface area contributed by atoms with Crippen molar-refractivity contribution < 1.29 is 28.6 Å². The number of rotatable bonds is 51. The van der Waals surface area contributed by atoms with Gasteiger partial charge in [-0.2, -0.15) is 0 Å². The summed E-state index contributed by atoms with van der Waals surface area (Å²) < 4.78 is 16.8. The van der Waals surface area contributed by atoms with Crippen molar-refractivity contribution in [2.24, 2.45) is 0 Å². The van der Waals surface area contributed by atoms with E-state index in [0.717, 1.165) is 103 Å². The summed E-state index contributed by atoms with van der Waals surface area (Å²) in [7, 11) is 0. The van der Waals surface area contributed by atoms with Crippen LogP contribution in [0.4, 0.5) is 0 Å². The van der Waals surface area contributed by atoms with E-state index >= 15 is 0 Å². The largest absolute Gasteiger partial charge is 0.462 e. The Morgan fingerprint density at radius 3 is 1.01 bits per heavy atom. The van der Waals surface area contributed by atoms with Crippen LogP contribution in [0.25, 0.3) is 0 Å². The molecular weight excluding hydrogens is 889 g/mol. The van der Waals surface area contributed by atoms with Crippen molar-refractivity contribution in [1.82, 2.24) is 0 Å². The predicted octanol–water partition coefficient (Wildman–Crippen LogP) is 19.8. The van der Waals surface area contributed by atoms with Gasteiger partial charge in [-0.1, -0.05) is 283 Å².